The highest BCUT2D eigenvalue weighted by Gasteiger charge is 2.16. The number of rotatable bonds is 6. The molecule has 1 saturated carbocycles. The molecule has 0 saturated heterocycles. The number of amides is 1. The van der Waals surface area contributed by atoms with Crippen molar-refractivity contribution in [1.29, 1.82) is 0 Å². The maximum atomic E-state index is 12.4. The van der Waals surface area contributed by atoms with Crippen molar-refractivity contribution in [3.63, 3.8) is 0 Å². The van der Waals surface area contributed by atoms with Gasteiger partial charge in [-0.05, 0) is 49.8 Å². The predicted octanol–water partition coefficient (Wildman–Crippen LogP) is 3.94. The summed E-state index contributed by atoms with van der Waals surface area (Å²) in [5.74, 6) is 0.225. The molecule has 7 nitrogen and oxygen atoms in total. The molecule has 27 heavy (non-hydrogen) atoms. The molecule has 2 aromatic rings. The van der Waals surface area contributed by atoms with E-state index in [1.807, 2.05) is 12.1 Å². The van der Waals surface area contributed by atoms with Gasteiger partial charge in [0.15, 0.2) is 0 Å². The van der Waals surface area contributed by atoms with Crippen molar-refractivity contribution in [1.82, 2.24) is 10.3 Å². The fourth-order valence-electron chi connectivity index (χ4n) is 3.22. The number of pyridine rings is 1. The zero-order valence-corrected chi connectivity index (χ0v) is 15.3. The molecule has 0 spiro atoms. The van der Waals surface area contributed by atoms with Crippen LogP contribution in [0.25, 0.3) is 0 Å². The Hall–Kier alpha value is -2.96. The van der Waals surface area contributed by atoms with Crippen LogP contribution in [0.15, 0.2) is 36.5 Å². The number of carbonyl (C=O) groups is 1. The molecular weight excluding hydrogens is 346 g/mol. The van der Waals surface area contributed by atoms with Gasteiger partial charge in [-0.15, -0.1) is 0 Å². The quantitative estimate of drug-likeness (QED) is 0.615. The van der Waals surface area contributed by atoms with Crippen molar-refractivity contribution >= 4 is 11.6 Å². The normalized spacial score (nSPS) is 14.6. The summed E-state index contributed by atoms with van der Waals surface area (Å²) in [5.41, 5.74) is 1.76. The number of hydrogen-bond acceptors (Lipinski definition) is 5. The molecule has 7 heteroatoms. The molecule has 0 unspecified atom stereocenters. The van der Waals surface area contributed by atoms with E-state index in [4.69, 9.17) is 4.74 Å². The third kappa shape index (κ3) is 5.03. The van der Waals surface area contributed by atoms with E-state index in [2.05, 4.69) is 10.3 Å². The van der Waals surface area contributed by atoms with Crippen LogP contribution in [-0.2, 0) is 6.54 Å². The van der Waals surface area contributed by atoms with Crippen LogP contribution < -0.4 is 10.1 Å². The number of ether oxygens (including phenoxy) is 1. The van der Waals surface area contributed by atoms with E-state index in [1.165, 1.54) is 31.4 Å². The number of non-ortho nitro benzene ring substituents is 1. The third-order valence-electron chi connectivity index (χ3n) is 4.77. The smallest absolute Gasteiger partial charge is 0.270 e. The van der Waals surface area contributed by atoms with E-state index >= 15 is 0 Å². The van der Waals surface area contributed by atoms with E-state index < -0.39 is 4.92 Å². The molecule has 1 aliphatic carbocycles. The Bertz CT molecular complexity index is 832. The van der Waals surface area contributed by atoms with Crippen molar-refractivity contribution in [3.8, 4) is 5.88 Å². The van der Waals surface area contributed by atoms with Gasteiger partial charge in [0.05, 0.1) is 4.92 Å². The standard InChI is InChI=1S/C20H23N3O4/c1-14-7-8-16(23(25)26)12-18(14)20(24)22-13-15-9-10-21-19(11-15)27-17-5-3-2-4-6-17/h7-12,17H,2-6,13H2,1H3,(H,22,24). The first-order chi connectivity index (χ1) is 13.0. The van der Waals surface area contributed by atoms with Gasteiger partial charge in [0.1, 0.15) is 6.10 Å². The van der Waals surface area contributed by atoms with Crippen LogP contribution in [0.2, 0.25) is 0 Å². The monoisotopic (exact) mass is 369 g/mol. The maximum Gasteiger partial charge on any atom is 0.270 e. The Labute approximate surface area is 157 Å². The third-order valence-corrected chi connectivity index (χ3v) is 4.77. The SMILES string of the molecule is Cc1ccc([N+](=O)[O-])cc1C(=O)NCc1ccnc(OC2CCCCC2)c1. The first kappa shape index (κ1) is 18.8. The van der Waals surface area contributed by atoms with E-state index in [0.29, 0.717) is 23.6 Å². The Morgan fingerprint density at radius 3 is 2.78 bits per heavy atom. The minimum absolute atomic E-state index is 0.0992. The molecule has 1 aromatic heterocycles. The van der Waals surface area contributed by atoms with Gasteiger partial charge in [-0.3, -0.25) is 14.9 Å². The lowest BCUT2D eigenvalue weighted by Crippen LogP contribution is -2.24. The molecule has 1 aliphatic rings. The number of nitro groups is 1. The van der Waals surface area contributed by atoms with Crippen LogP contribution in [0.5, 0.6) is 5.88 Å². The number of hydrogen-bond donors (Lipinski definition) is 1. The van der Waals surface area contributed by atoms with Crippen molar-refractivity contribution in [2.24, 2.45) is 0 Å². The fraction of sp³-hybridized carbons (Fsp3) is 0.400. The van der Waals surface area contributed by atoms with Gasteiger partial charge >= 0.3 is 0 Å². The van der Waals surface area contributed by atoms with Crippen LogP contribution in [0.1, 0.15) is 53.6 Å². The minimum atomic E-state index is -0.506. The van der Waals surface area contributed by atoms with Crippen molar-refractivity contribution in [2.75, 3.05) is 0 Å². The lowest BCUT2D eigenvalue weighted by molar-refractivity contribution is -0.384. The predicted molar refractivity (Wildman–Crippen MR) is 101 cm³/mol. The second-order valence-corrected chi connectivity index (χ2v) is 6.82. The summed E-state index contributed by atoms with van der Waals surface area (Å²) in [4.78, 5) is 27.1. The topological polar surface area (TPSA) is 94.4 Å². The molecule has 1 N–H and O–H groups in total. The van der Waals surface area contributed by atoms with E-state index in [9.17, 15) is 14.9 Å². The average Bonchev–Trinajstić information content (AvgIpc) is 2.67. The number of nitrogens with one attached hydrogen (secondary N) is 1. The van der Waals surface area contributed by atoms with Crippen molar-refractivity contribution in [2.45, 2.75) is 51.7 Å². The van der Waals surface area contributed by atoms with Gasteiger partial charge in [0.2, 0.25) is 5.88 Å². The van der Waals surface area contributed by atoms with Crippen LogP contribution in [0.3, 0.4) is 0 Å². The summed E-state index contributed by atoms with van der Waals surface area (Å²) < 4.78 is 5.95. The van der Waals surface area contributed by atoms with Gasteiger partial charge in [0.25, 0.3) is 11.6 Å². The van der Waals surface area contributed by atoms with Crippen LogP contribution in [-0.4, -0.2) is 21.9 Å². The molecule has 0 aliphatic heterocycles. The van der Waals surface area contributed by atoms with Gasteiger partial charge in [-0.1, -0.05) is 12.5 Å². The summed E-state index contributed by atoms with van der Waals surface area (Å²) in [6, 6.07) is 7.91. The minimum Gasteiger partial charge on any atom is -0.474 e. The second kappa shape index (κ2) is 8.62. The van der Waals surface area contributed by atoms with Gasteiger partial charge in [0, 0.05) is 36.5 Å². The lowest BCUT2D eigenvalue weighted by atomic mass is 9.98. The maximum absolute atomic E-state index is 12.4. The van der Waals surface area contributed by atoms with Crippen LogP contribution >= 0.6 is 0 Å². The van der Waals surface area contributed by atoms with E-state index in [0.717, 1.165) is 18.4 Å². The number of nitro benzene ring substituents is 1. The average molecular weight is 369 g/mol. The summed E-state index contributed by atoms with van der Waals surface area (Å²) >= 11 is 0. The molecule has 0 atom stereocenters. The molecule has 1 aromatic carbocycles. The molecule has 1 fully saturated rings. The fourth-order valence-corrected chi connectivity index (χ4v) is 3.22. The number of benzene rings is 1. The summed E-state index contributed by atoms with van der Waals surface area (Å²) in [6.45, 7) is 2.05. The Morgan fingerprint density at radius 2 is 2.04 bits per heavy atom. The zero-order chi connectivity index (χ0) is 19.2. The number of nitrogens with zero attached hydrogens (tertiary/aromatic N) is 2. The van der Waals surface area contributed by atoms with Gasteiger partial charge in [-0.2, -0.15) is 0 Å². The second-order valence-electron chi connectivity index (χ2n) is 6.82. The van der Waals surface area contributed by atoms with E-state index in [1.54, 1.807) is 19.2 Å². The summed E-state index contributed by atoms with van der Waals surface area (Å²) in [7, 11) is 0. The van der Waals surface area contributed by atoms with Crippen LogP contribution in [0.4, 0.5) is 5.69 Å². The molecule has 0 radical (unpaired) electrons. The molecule has 3 rings (SSSR count). The first-order valence-corrected chi connectivity index (χ1v) is 9.18. The van der Waals surface area contributed by atoms with Gasteiger partial charge < -0.3 is 10.1 Å². The molecule has 1 heterocycles. The van der Waals surface area contributed by atoms with Crippen LogP contribution in [0, 0.1) is 17.0 Å². The highest BCUT2D eigenvalue weighted by atomic mass is 16.6. The molecule has 1 amide bonds. The highest BCUT2D eigenvalue weighted by molar-refractivity contribution is 5.96. The Balaban J connectivity index is 1.63. The van der Waals surface area contributed by atoms with Crippen molar-refractivity contribution < 1.29 is 14.5 Å². The number of aryl methyl sites for hydroxylation is 1. The number of carbonyl (C=O) groups excluding carboxylic acids is 1. The molecular formula is C20H23N3O4. The molecule has 0 bridgehead atoms. The summed E-state index contributed by atoms with van der Waals surface area (Å²) in [6.07, 6.45) is 7.60. The number of aromatic nitrogens is 1. The molecule has 142 valence electrons. The first-order valence-electron chi connectivity index (χ1n) is 9.18. The van der Waals surface area contributed by atoms with Gasteiger partial charge in [-0.25, -0.2) is 4.98 Å². The highest BCUT2D eigenvalue weighted by Crippen LogP contribution is 2.23. The largest absolute Gasteiger partial charge is 0.474 e. The summed E-state index contributed by atoms with van der Waals surface area (Å²) in [5, 5.41) is 13.7. The lowest BCUT2D eigenvalue weighted by Gasteiger charge is -2.22. The van der Waals surface area contributed by atoms with E-state index in [-0.39, 0.29) is 17.7 Å². The Kier molecular flexibility index (Phi) is 6.01. The van der Waals surface area contributed by atoms with Crippen molar-refractivity contribution in [3.05, 3.63) is 63.3 Å². The zero-order valence-electron chi connectivity index (χ0n) is 15.3. The Morgan fingerprint density at radius 1 is 1.26 bits per heavy atom.